The lowest BCUT2D eigenvalue weighted by Crippen LogP contribution is -2.40. The molecule has 1 aromatic carbocycles. The number of carbonyl (C=O) groups is 1. The van der Waals surface area contributed by atoms with Crippen molar-refractivity contribution in [3.63, 3.8) is 0 Å². The molecule has 120 valence electrons. The van der Waals surface area contributed by atoms with E-state index in [4.69, 9.17) is 9.63 Å². The van der Waals surface area contributed by atoms with Gasteiger partial charge in [0.1, 0.15) is 5.69 Å². The van der Waals surface area contributed by atoms with Gasteiger partial charge in [0, 0.05) is 30.2 Å². The molecule has 0 fully saturated rings. The van der Waals surface area contributed by atoms with Gasteiger partial charge in [-0.3, -0.25) is 0 Å². The van der Waals surface area contributed by atoms with Crippen LogP contribution in [0.1, 0.15) is 12.1 Å². The number of benzene rings is 1. The van der Waals surface area contributed by atoms with Crippen LogP contribution in [0.25, 0.3) is 11.3 Å². The summed E-state index contributed by atoms with van der Waals surface area (Å²) < 4.78 is 5.28. The molecule has 0 saturated carbocycles. The van der Waals surface area contributed by atoms with Crippen LogP contribution in [0.15, 0.2) is 53.1 Å². The Bertz CT molecular complexity index is 681. The van der Waals surface area contributed by atoms with Crippen LogP contribution in [0.5, 0.6) is 0 Å². The number of nitrogens with one attached hydrogen (secondary N) is 2. The minimum absolute atomic E-state index is 0.0376. The Hall–Kier alpha value is -2.60. The molecule has 3 rings (SSSR count). The van der Waals surface area contributed by atoms with E-state index >= 15 is 0 Å². The molecule has 6 heteroatoms. The van der Waals surface area contributed by atoms with Crippen molar-refractivity contribution in [1.29, 1.82) is 0 Å². The highest BCUT2D eigenvalue weighted by atomic mass is 16.5. The molecule has 3 N–H and O–H groups in total. The number of aromatic nitrogens is 1. The normalized spacial score (nSPS) is 19.7. The summed E-state index contributed by atoms with van der Waals surface area (Å²) in [4.78, 5) is 11.9. The summed E-state index contributed by atoms with van der Waals surface area (Å²) >= 11 is 0. The van der Waals surface area contributed by atoms with Crippen LogP contribution in [0.3, 0.4) is 0 Å². The smallest absolute Gasteiger partial charge is 0.315 e. The second-order valence-corrected chi connectivity index (χ2v) is 5.55. The predicted molar refractivity (Wildman–Crippen MR) is 85.4 cm³/mol. The first kappa shape index (κ1) is 15.3. The largest absolute Gasteiger partial charge is 0.396 e. The molecule has 0 bridgehead atoms. The highest BCUT2D eigenvalue weighted by molar-refractivity contribution is 5.74. The van der Waals surface area contributed by atoms with E-state index in [0.717, 1.165) is 12.0 Å². The summed E-state index contributed by atoms with van der Waals surface area (Å²) in [6, 6.07) is 11.2. The van der Waals surface area contributed by atoms with Crippen LogP contribution in [0, 0.1) is 5.92 Å². The summed E-state index contributed by atoms with van der Waals surface area (Å²) in [6.45, 7) is 0.402. The molecule has 1 aliphatic carbocycles. The van der Waals surface area contributed by atoms with Crippen molar-refractivity contribution in [2.24, 2.45) is 5.92 Å². The van der Waals surface area contributed by atoms with Crippen LogP contribution in [-0.2, 0) is 6.54 Å². The number of nitrogens with zero attached hydrogens (tertiary/aromatic N) is 1. The minimum atomic E-state index is -0.262. The molecular formula is C17H19N3O3. The standard InChI is InChI=1S/C17H19N3O3/c21-11-12-6-7-14(8-12)19-17(22)18-10-15-9-16(23-20-15)13-4-2-1-3-5-13/h1-7,9,12,14,21H,8,10-11H2,(H2,18,19,22)/t12-,14+/m0/s1. The second-order valence-electron chi connectivity index (χ2n) is 5.55. The third-order valence-electron chi connectivity index (χ3n) is 3.77. The molecule has 1 aromatic heterocycles. The van der Waals surface area contributed by atoms with Crippen LogP contribution in [-0.4, -0.2) is 28.9 Å². The van der Waals surface area contributed by atoms with Gasteiger partial charge in [0.15, 0.2) is 5.76 Å². The molecule has 2 amide bonds. The van der Waals surface area contributed by atoms with E-state index in [1.807, 2.05) is 48.6 Å². The van der Waals surface area contributed by atoms with Crippen LogP contribution < -0.4 is 10.6 Å². The molecule has 0 saturated heterocycles. The fraction of sp³-hybridized carbons (Fsp3) is 0.294. The zero-order valence-corrected chi connectivity index (χ0v) is 12.6. The molecule has 1 heterocycles. The Kier molecular flexibility index (Phi) is 4.73. The van der Waals surface area contributed by atoms with Gasteiger partial charge in [-0.15, -0.1) is 0 Å². The SMILES string of the molecule is O=C(NCc1cc(-c2ccccc2)on1)N[C@@H]1C=C[C@H](CO)C1. The summed E-state index contributed by atoms with van der Waals surface area (Å²) in [7, 11) is 0. The fourth-order valence-corrected chi connectivity index (χ4v) is 2.54. The average molecular weight is 313 g/mol. The van der Waals surface area contributed by atoms with Gasteiger partial charge in [-0.1, -0.05) is 47.6 Å². The van der Waals surface area contributed by atoms with Crippen molar-refractivity contribution < 1.29 is 14.4 Å². The van der Waals surface area contributed by atoms with Crippen LogP contribution >= 0.6 is 0 Å². The minimum Gasteiger partial charge on any atom is -0.396 e. The van der Waals surface area contributed by atoms with Crippen molar-refractivity contribution in [3.05, 3.63) is 54.2 Å². The maximum Gasteiger partial charge on any atom is 0.315 e. The first-order valence-corrected chi connectivity index (χ1v) is 7.59. The highest BCUT2D eigenvalue weighted by Crippen LogP contribution is 2.19. The maximum atomic E-state index is 11.9. The molecule has 6 nitrogen and oxygen atoms in total. The lowest BCUT2D eigenvalue weighted by atomic mass is 10.1. The molecule has 2 aromatic rings. The second kappa shape index (κ2) is 7.11. The van der Waals surface area contributed by atoms with Gasteiger partial charge in [0.05, 0.1) is 6.54 Å². The molecule has 0 spiro atoms. The Labute approximate surface area is 134 Å². The first-order valence-electron chi connectivity index (χ1n) is 7.59. The van der Waals surface area contributed by atoms with Crippen molar-refractivity contribution >= 4 is 6.03 Å². The van der Waals surface area contributed by atoms with Crippen LogP contribution in [0.2, 0.25) is 0 Å². The maximum absolute atomic E-state index is 11.9. The lowest BCUT2D eigenvalue weighted by Gasteiger charge is -2.12. The zero-order chi connectivity index (χ0) is 16.1. The topological polar surface area (TPSA) is 87.4 Å². The number of hydrogen-bond donors (Lipinski definition) is 3. The third kappa shape index (κ3) is 3.98. The van der Waals surface area contributed by atoms with Gasteiger partial charge in [0.25, 0.3) is 0 Å². The first-order chi connectivity index (χ1) is 11.2. The van der Waals surface area contributed by atoms with E-state index in [2.05, 4.69) is 15.8 Å². The summed E-state index contributed by atoms with van der Waals surface area (Å²) in [5.74, 6) is 0.802. The van der Waals surface area contributed by atoms with E-state index in [1.165, 1.54) is 0 Å². The Morgan fingerprint density at radius 1 is 1.30 bits per heavy atom. The van der Waals surface area contributed by atoms with Crippen molar-refractivity contribution in [3.8, 4) is 11.3 Å². The predicted octanol–water partition coefficient (Wildman–Crippen LogP) is 2.08. The third-order valence-corrected chi connectivity index (χ3v) is 3.77. The number of amides is 2. The quantitative estimate of drug-likeness (QED) is 0.738. The number of urea groups is 1. The summed E-state index contributed by atoms with van der Waals surface area (Å²) in [5.41, 5.74) is 1.61. The van der Waals surface area contributed by atoms with Gasteiger partial charge in [0.2, 0.25) is 0 Å². The Balaban J connectivity index is 1.48. The molecule has 2 atom stereocenters. The van der Waals surface area contributed by atoms with E-state index in [1.54, 1.807) is 0 Å². The average Bonchev–Trinajstić information content (AvgIpc) is 3.23. The van der Waals surface area contributed by atoms with E-state index in [0.29, 0.717) is 18.0 Å². The van der Waals surface area contributed by atoms with Crippen molar-refractivity contribution in [2.45, 2.75) is 19.0 Å². The Morgan fingerprint density at radius 2 is 2.13 bits per heavy atom. The number of rotatable bonds is 5. The van der Waals surface area contributed by atoms with Gasteiger partial charge < -0.3 is 20.3 Å². The number of aliphatic hydroxyl groups excluding tert-OH is 1. The molecule has 0 unspecified atom stereocenters. The highest BCUT2D eigenvalue weighted by Gasteiger charge is 2.19. The summed E-state index contributed by atoms with van der Waals surface area (Å²) in [6.07, 6.45) is 4.56. The van der Waals surface area contributed by atoms with E-state index in [9.17, 15) is 4.79 Å². The summed E-state index contributed by atoms with van der Waals surface area (Å²) in [5, 5.41) is 18.6. The van der Waals surface area contributed by atoms with Gasteiger partial charge in [-0.05, 0) is 6.42 Å². The number of carbonyl (C=O) groups excluding carboxylic acids is 1. The Morgan fingerprint density at radius 3 is 2.87 bits per heavy atom. The fourth-order valence-electron chi connectivity index (χ4n) is 2.54. The van der Waals surface area contributed by atoms with Crippen molar-refractivity contribution in [2.75, 3.05) is 6.61 Å². The molecule has 23 heavy (non-hydrogen) atoms. The molecular weight excluding hydrogens is 294 g/mol. The molecule has 1 aliphatic rings. The lowest BCUT2D eigenvalue weighted by molar-refractivity contribution is 0.231. The van der Waals surface area contributed by atoms with Crippen molar-refractivity contribution in [1.82, 2.24) is 15.8 Å². The number of aliphatic hydroxyl groups is 1. The van der Waals surface area contributed by atoms with Gasteiger partial charge in [-0.2, -0.15) is 0 Å². The van der Waals surface area contributed by atoms with E-state index < -0.39 is 0 Å². The molecule has 0 radical (unpaired) electrons. The van der Waals surface area contributed by atoms with Crippen LogP contribution in [0.4, 0.5) is 4.79 Å². The van der Waals surface area contributed by atoms with E-state index in [-0.39, 0.29) is 24.6 Å². The zero-order valence-electron chi connectivity index (χ0n) is 12.6. The number of hydrogen-bond acceptors (Lipinski definition) is 4. The monoisotopic (exact) mass is 313 g/mol. The van der Waals surface area contributed by atoms with Gasteiger partial charge >= 0.3 is 6.03 Å². The van der Waals surface area contributed by atoms with Gasteiger partial charge in [-0.25, -0.2) is 4.79 Å². The molecule has 0 aliphatic heterocycles.